The summed E-state index contributed by atoms with van der Waals surface area (Å²) in [7, 11) is 0. The molecule has 2 amide bonds. The zero-order valence-electron chi connectivity index (χ0n) is 12.4. The maximum Gasteiger partial charge on any atom is 0.344 e. The number of benzene rings is 1. The first-order valence-electron chi connectivity index (χ1n) is 6.75. The lowest BCUT2D eigenvalue weighted by Gasteiger charge is -2.07. The van der Waals surface area contributed by atoms with Crippen LogP contribution in [0.5, 0.6) is 5.75 Å². The molecule has 1 heterocycles. The summed E-state index contributed by atoms with van der Waals surface area (Å²) in [4.78, 5) is 35.0. The fourth-order valence-corrected chi connectivity index (χ4v) is 2.21. The molecule has 0 aliphatic carbocycles. The van der Waals surface area contributed by atoms with Gasteiger partial charge in [-0.25, -0.2) is 4.79 Å². The van der Waals surface area contributed by atoms with Gasteiger partial charge in [-0.3, -0.25) is 14.9 Å². The second-order valence-electron chi connectivity index (χ2n) is 4.44. The van der Waals surface area contributed by atoms with Gasteiger partial charge >= 0.3 is 5.97 Å². The number of hydrogen-bond donors (Lipinski definition) is 1. The number of imide groups is 1. The molecule has 0 saturated carbocycles. The first-order chi connectivity index (χ1) is 11.6. The lowest BCUT2D eigenvalue weighted by atomic mass is 10.2. The highest BCUT2D eigenvalue weighted by Gasteiger charge is 2.13. The Balaban J connectivity index is 1.69. The Morgan fingerprint density at radius 3 is 2.50 bits per heavy atom. The standard InChI is InChI=1S/C16H12N2O5S/c17-8-11-3-5-12(6-4-11)22-10-15(20)23-9-14(19)18-16(21)13-2-1-7-24-13/h1-7H,9-10H2,(H,18,19,21). The lowest BCUT2D eigenvalue weighted by molar-refractivity contribution is -0.150. The van der Waals surface area contributed by atoms with Crippen LogP contribution >= 0.6 is 11.3 Å². The minimum absolute atomic E-state index is 0.388. The molecule has 1 aromatic heterocycles. The molecule has 0 atom stereocenters. The van der Waals surface area contributed by atoms with Crippen LogP contribution in [0, 0.1) is 11.3 Å². The highest BCUT2D eigenvalue weighted by atomic mass is 32.1. The van der Waals surface area contributed by atoms with Crippen LogP contribution in [0.4, 0.5) is 0 Å². The third-order valence-corrected chi connectivity index (χ3v) is 3.57. The van der Waals surface area contributed by atoms with Gasteiger partial charge in [0.25, 0.3) is 11.8 Å². The van der Waals surface area contributed by atoms with Gasteiger partial charge in [-0.05, 0) is 35.7 Å². The predicted molar refractivity (Wildman–Crippen MR) is 84.4 cm³/mol. The van der Waals surface area contributed by atoms with Crippen LogP contribution in [0.15, 0.2) is 41.8 Å². The zero-order valence-corrected chi connectivity index (χ0v) is 13.2. The van der Waals surface area contributed by atoms with Gasteiger partial charge in [0.05, 0.1) is 16.5 Å². The van der Waals surface area contributed by atoms with Crippen molar-refractivity contribution < 1.29 is 23.9 Å². The number of carbonyl (C=O) groups is 3. The molecule has 0 saturated heterocycles. The highest BCUT2D eigenvalue weighted by molar-refractivity contribution is 7.12. The van der Waals surface area contributed by atoms with Crippen molar-refractivity contribution in [2.24, 2.45) is 0 Å². The van der Waals surface area contributed by atoms with Crippen molar-refractivity contribution in [3.8, 4) is 11.8 Å². The average molecular weight is 344 g/mol. The van der Waals surface area contributed by atoms with E-state index in [0.717, 1.165) is 0 Å². The molecule has 122 valence electrons. The average Bonchev–Trinajstić information content (AvgIpc) is 3.13. The van der Waals surface area contributed by atoms with Gasteiger partial charge in [0.1, 0.15) is 5.75 Å². The summed E-state index contributed by atoms with van der Waals surface area (Å²) in [5.74, 6) is -1.62. The predicted octanol–water partition coefficient (Wildman–Crippen LogP) is 1.50. The maximum absolute atomic E-state index is 11.6. The van der Waals surface area contributed by atoms with Gasteiger partial charge in [-0.1, -0.05) is 6.07 Å². The molecule has 0 fully saturated rings. The van der Waals surface area contributed by atoms with Crippen LogP contribution in [-0.4, -0.2) is 31.0 Å². The lowest BCUT2D eigenvalue weighted by Crippen LogP contribution is -2.34. The number of nitriles is 1. The van der Waals surface area contributed by atoms with Gasteiger partial charge in [-0.2, -0.15) is 5.26 Å². The molecule has 1 N–H and O–H groups in total. The molecule has 0 aliphatic rings. The monoisotopic (exact) mass is 344 g/mol. The molecule has 0 aliphatic heterocycles. The molecule has 2 rings (SSSR count). The van der Waals surface area contributed by atoms with Crippen LogP contribution in [0.3, 0.4) is 0 Å². The summed E-state index contributed by atoms with van der Waals surface area (Å²) < 4.78 is 9.87. The van der Waals surface area contributed by atoms with Crippen molar-refractivity contribution in [3.05, 3.63) is 52.2 Å². The van der Waals surface area contributed by atoms with Crippen molar-refractivity contribution in [3.63, 3.8) is 0 Å². The van der Waals surface area contributed by atoms with Crippen LogP contribution in [0.1, 0.15) is 15.2 Å². The van der Waals surface area contributed by atoms with E-state index < -0.39 is 31.0 Å². The van der Waals surface area contributed by atoms with Crippen LogP contribution in [0.2, 0.25) is 0 Å². The van der Waals surface area contributed by atoms with Gasteiger partial charge in [-0.15, -0.1) is 11.3 Å². The minimum Gasteiger partial charge on any atom is -0.482 e. The SMILES string of the molecule is N#Cc1ccc(OCC(=O)OCC(=O)NC(=O)c2cccs2)cc1. The molecule has 0 unspecified atom stereocenters. The number of nitrogens with zero attached hydrogens (tertiary/aromatic N) is 1. The van der Waals surface area contributed by atoms with E-state index in [1.807, 2.05) is 6.07 Å². The third-order valence-electron chi connectivity index (χ3n) is 2.70. The molecule has 8 heteroatoms. The molecule has 7 nitrogen and oxygen atoms in total. The molecule has 2 aromatic rings. The van der Waals surface area contributed by atoms with Gasteiger partial charge in [0, 0.05) is 0 Å². The quantitative estimate of drug-likeness (QED) is 0.796. The van der Waals surface area contributed by atoms with Gasteiger partial charge < -0.3 is 9.47 Å². The minimum atomic E-state index is -0.752. The van der Waals surface area contributed by atoms with E-state index in [-0.39, 0.29) is 0 Å². The van der Waals surface area contributed by atoms with Crippen molar-refractivity contribution in [2.45, 2.75) is 0 Å². The number of rotatable bonds is 6. The van der Waals surface area contributed by atoms with E-state index in [1.54, 1.807) is 29.6 Å². The van der Waals surface area contributed by atoms with Gasteiger partial charge in [0.2, 0.25) is 0 Å². The summed E-state index contributed by atoms with van der Waals surface area (Å²) in [5.41, 5.74) is 0.469. The Morgan fingerprint density at radius 2 is 1.88 bits per heavy atom. The number of ether oxygens (including phenoxy) is 2. The van der Waals surface area contributed by atoms with E-state index in [4.69, 9.17) is 14.7 Å². The Labute approximate surface area is 141 Å². The molecular weight excluding hydrogens is 332 g/mol. The third kappa shape index (κ3) is 5.23. The number of amides is 2. The van der Waals surface area contributed by atoms with E-state index in [9.17, 15) is 14.4 Å². The molecule has 1 aromatic carbocycles. The first-order valence-corrected chi connectivity index (χ1v) is 7.62. The smallest absolute Gasteiger partial charge is 0.344 e. The Kier molecular flexibility index (Phi) is 6.05. The van der Waals surface area contributed by atoms with E-state index in [0.29, 0.717) is 16.2 Å². The summed E-state index contributed by atoms with van der Waals surface area (Å²) in [6.45, 7) is -0.968. The first kappa shape index (κ1) is 17.2. The second-order valence-corrected chi connectivity index (χ2v) is 5.39. The van der Waals surface area contributed by atoms with E-state index >= 15 is 0 Å². The number of esters is 1. The van der Waals surface area contributed by atoms with E-state index in [2.05, 4.69) is 5.32 Å². The Hall–Kier alpha value is -3.18. The van der Waals surface area contributed by atoms with Crippen molar-refractivity contribution in [2.75, 3.05) is 13.2 Å². The van der Waals surface area contributed by atoms with Gasteiger partial charge in [0.15, 0.2) is 13.2 Å². The van der Waals surface area contributed by atoms with E-state index in [1.165, 1.54) is 23.5 Å². The number of carbonyl (C=O) groups excluding carboxylic acids is 3. The topological polar surface area (TPSA) is 105 Å². The van der Waals surface area contributed by atoms with Crippen molar-refractivity contribution >= 4 is 29.1 Å². The van der Waals surface area contributed by atoms with Crippen molar-refractivity contribution in [1.82, 2.24) is 5.32 Å². The number of thiophene rings is 1. The molecule has 0 radical (unpaired) electrons. The molecule has 0 spiro atoms. The summed E-state index contributed by atoms with van der Waals surface area (Å²) >= 11 is 1.19. The Morgan fingerprint density at radius 1 is 1.12 bits per heavy atom. The fourth-order valence-electron chi connectivity index (χ4n) is 1.59. The highest BCUT2D eigenvalue weighted by Crippen LogP contribution is 2.11. The summed E-state index contributed by atoms with van der Waals surface area (Å²) in [6.07, 6.45) is 0. The molecule has 0 bridgehead atoms. The molecule has 24 heavy (non-hydrogen) atoms. The fraction of sp³-hybridized carbons (Fsp3) is 0.125. The number of nitrogens with one attached hydrogen (secondary N) is 1. The summed E-state index contributed by atoms with van der Waals surface area (Å²) in [5, 5.41) is 12.5. The normalized spacial score (nSPS) is 9.62. The maximum atomic E-state index is 11.6. The largest absolute Gasteiger partial charge is 0.482 e. The number of hydrogen-bond acceptors (Lipinski definition) is 7. The second kappa shape index (κ2) is 8.45. The Bertz CT molecular complexity index is 763. The van der Waals surface area contributed by atoms with Crippen molar-refractivity contribution in [1.29, 1.82) is 5.26 Å². The molecular formula is C16H12N2O5S. The van der Waals surface area contributed by atoms with Crippen LogP contribution in [0.25, 0.3) is 0 Å². The summed E-state index contributed by atoms with van der Waals surface area (Å²) in [6, 6.07) is 11.4. The van der Waals surface area contributed by atoms with Crippen LogP contribution in [-0.2, 0) is 14.3 Å². The van der Waals surface area contributed by atoms with Crippen LogP contribution < -0.4 is 10.1 Å². The zero-order chi connectivity index (χ0) is 17.4.